The first-order valence-electron chi connectivity index (χ1n) is 13.7. The van der Waals surface area contributed by atoms with Crippen LogP contribution in [0.1, 0.15) is 37.0 Å². The summed E-state index contributed by atoms with van der Waals surface area (Å²) in [6, 6.07) is 11.1. The Morgan fingerprint density at radius 2 is 1.71 bits per heavy atom. The van der Waals surface area contributed by atoms with Crippen LogP contribution in [0.3, 0.4) is 0 Å². The van der Waals surface area contributed by atoms with Crippen molar-refractivity contribution in [1.29, 1.82) is 5.41 Å². The van der Waals surface area contributed by atoms with Gasteiger partial charge >= 0.3 is 6.09 Å². The maximum absolute atomic E-state index is 13.1. The van der Waals surface area contributed by atoms with Gasteiger partial charge in [-0.15, -0.1) is 10.2 Å². The highest BCUT2D eigenvalue weighted by atomic mass is 16.6. The summed E-state index contributed by atoms with van der Waals surface area (Å²) < 4.78 is 7.34. The Bertz CT molecular complexity index is 1420. The van der Waals surface area contributed by atoms with Crippen LogP contribution >= 0.6 is 0 Å². The standard InChI is InChI=1S/C29H39N9O3/c1-7-32-28(39)27-34-33-26(38(27)20-10-8-19(9-11-20)37-14-12-36(6)13-15-37)22-16-21(25(31)18(2)3)23(30)17-24(22)41-29(40)35(4)5/h8-11,16-18,31H,7,12-15,30H2,1-6H3,(H,32,39). The molecule has 2 heterocycles. The third kappa shape index (κ3) is 6.32. The Hall–Kier alpha value is -4.45. The monoisotopic (exact) mass is 561 g/mol. The summed E-state index contributed by atoms with van der Waals surface area (Å²) in [5.41, 5.74) is 9.55. The van der Waals surface area contributed by atoms with Crippen LogP contribution < -0.4 is 20.7 Å². The third-order valence-corrected chi connectivity index (χ3v) is 7.00. The molecule has 41 heavy (non-hydrogen) atoms. The number of hydrogen-bond donors (Lipinski definition) is 3. The molecular formula is C29H39N9O3. The zero-order valence-corrected chi connectivity index (χ0v) is 24.6. The zero-order chi connectivity index (χ0) is 29.8. The van der Waals surface area contributed by atoms with Crippen molar-refractivity contribution < 1.29 is 14.3 Å². The molecule has 0 spiro atoms. The van der Waals surface area contributed by atoms with E-state index in [1.54, 1.807) is 24.7 Å². The number of rotatable bonds is 8. The quantitative estimate of drug-likeness (QED) is 0.281. The van der Waals surface area contributed by atoms with Crippen molar-refractivity contribution in [1.82, 2.24) is 29.9 Å². The average molecular weight is 562 g/mol. The number of aromatic nitrogens is 3. The maximum atomic E-state index is 13.1. The number of benzene rings is 2. The summed E-state index contributed by atoms with van der Waals surface area (Å²) in [5.74, 6) is -0.000880. The molecule has 1 aromatic heterocycles. The van der Waals surface area contributed by atoms with E-state index in [0.717, 1.165) is 31.9 Å². The lowest BCUT2D eigenvalue weighted by Gasteiger charge is -2.34. The molecule has 3 aromatic rings. The van der Waals surface area contributed by atoms with Gasteiger partial charge in [-0.1, -0.05) is 13.8 Å². The van der Waals surface area contributed by atoms with E-state index in [-0.39, 0.29) is 23.3 Å². The molecule has 0 atom stereocenters. The second kappa shape index (κ2) is 12.4. The fourth-order valence-corrected chi connectivity index (χ4v) is 4.55. The van der Waals surface area contributed by atoms with Gasteiger partial charge in [-0.05, 0) is 50.2 Å². The maximum Gasteiger partial charge on any atom is 0.414 e. The molecule has 1 fully saturated rings. The minimum absolute atomic E-state index is 0.0800. The number of carbonyl (C=O) groups is 2. The molecular weight excluding hydrogens is 522 g/mol. The number of nitrogen functional groups attached to an aromatic ring is 1. The summed E-state index contributed by atoms with van der Waals surface area (Å²) in [7, 11) is 5.27. The summed E-state index contributed by atoms with van der Waals surface area (Å²) in [6.07, 6.45) is -0.608. The number of carbonyl (C=O) groups excluding carboxylic acids is 2. The minimum Gasteiger partial charge on any atom is -0.409 e. The van der Waals surface area contributed by atoms with Gasteiger partial charge in [0.05, 0.1) is 5.56 Å². The van der Waals surface area contributed by atoms with Crippen LogP contribution in [0.15, 0.2) is 36.4 Å². The van der Waals surface area contributed by atoms with Crippen molar-refractivity contribution in [2.24, 2.45) is 5.92 Å². The molecule has 0 unspecified atom stereocenters. The molecule has 218 valence electrons. The van der Waals surface area contributed by atoms with Gasteiger partial charge in [-0.3, -0.25) is 9.36 Å². The normalized spacial score (nSPS) is 13.8. The summed E-state index contributed by atoms with van der Waals surface area (Å²) in [5, 5.41) is 20.1. The number of nitrogens with one attached hydrogen (secondary N) is 2. The van der Waals surface area contributed by atoms with Crippen molar-refractivity contribution in [2.45, 2.75) is 20.8 Å². The van der Waals surface area contributed by atoms with E-state index in [1.807, 2.05) is 45.0 Å². The van der Waals surface area contributed by atoms with Gasteiger partial charge in [0.25, 0.3) is 5.91 Å². The zero-order valence-electron chi connectivity index (χ0n) is 24.6. The van der Waals surface area contributed by atoms with E-state index in [0.29, 0.717) is 34.8 Å². The molecule has 12 heteroatoms. The lowest BCUT2D eigenvalue weighted by atomic mass is 9.96. The van der Waals surface area contributed by atoms with Crippen LogP contribution in [0, 0.1) is 11.3 Å². The Morgan fingerprint density at radius 3 is 2.29 bits per heavy atom. The number of nitrogens with zero attached hydrogens (tertiary/aromatic N) is 6. The number of nitrogens with two attached hydrogens (primary N) is 1. The van der Waals surface area contributed by atoms with E-state index in [1.165, 1.54) is 11.0 Å². The van der Waals surface area contributed by atoms with Crippen LogP contribution in [0.2, 0.25) is 0 Å². The van der Waals surface area contributed by atoms with Gasteiger partial charge < -0.3 is 35.9 Å². The van der Waals surface area contributed by atoms with Crippen LogP contribution in [-0.4, -0.2) is 96.1 Å². The molecule has 1 aliphatic rings. The first-order valence-corrected chi connectivity index (χ1v) is 13.7. The molecule has 4 rings (SSSR count). The molecule has 2 aromatic carbocycles. The van der Waals surface area contributed by atoms with E-state index >= 15 is 0 Å². The number of likely N-dealkylation sites (N-methyl/N-ethyl adjacent to an activating group) is 1. The molecule has 0 radical (unpaired) electrons. The first kappa shape index (κ1) is 29.5. The predicted molar refractivity (Wildman–Crippen MR) is 160 cm³/mol. The largest absolute Gasteiger partial charge is 0.414 e. The molecule has 0 bridgehead atoms. The topological polar surface area (TPSA) is 146 Å². The molecule has 0 saturated carbocycles. The summed E-state index contributed by atoms with van der Waals surface area (Å²) in [4.78, 5) is 31.6. The van der Waals surface area contributed by atoms with Gasteiger partial charge in [0.2, 0.25) is 5.82 Å². The van der Waals surface area contributed by atoms with E-state index in [2.05, 4.69) is 32.4 Å². The SMILES string of the molecule is CCNC(=O)c1nnc(-c2cc(C(=N)C(C)C)c(N)cc2OC(=O)N(C)C)n1-c1ccc(N2CCN(C)CC2)cc1. The Labute approximate surface area is 240 Å². The Kier molecular flexibility index (Phi) is 8.92. The molecule has 1 saturated heterocycles. The van der Waals surface area contributed by atoms with Crippen molar-refractivity contribution in [3.05, 3.63) is 47.8 Å². The fraction of sp³-hybridized carbons (Fsp3) is 0.414. The van der Waals surface area contributed by atoms with Gasteiger partial charge in [-0.2, -0.15) is 0 Å². The van der Waals surface area contributed by atoms with Crippen LogP contribution in [0.4, 0.5) is 16.2 Å². The number of anilines is 2. The molecule has 12 nitrogen and oxygen atoms in total. The lowest BCUT2D eigenvalue weighted by molar-refractivity contribution is 0.0943. The summed E-state index contributed by atoms with van der Waals surface area (Å²) in [6.45, 7) is 9.86. The van der Waals surface area contributed by atoms with Crippen LogP contribution in [0.25, 0.3) is 17.1 Å². The number of piperazine rings is 1. The third-order valence-electron chi connectivity index (χ3n) is 7.00. The van der Waals surface area contributed by atoms with Gasteiger partial charge in [0.15, 0.2) is 5.82 Å². The fourth-order valence-electron chi connectivity index (χ4n) is 4.55. The highest BCUT2D eigenvalue weighted by Crippen LogP contribution is 2.36. The minimum atomic E-state index is -0.608. The van der Waals surface area contributed by atoms with E-state index < -0.39 is 12.0 Å². The predicted octanol–water partition coefficient (Wildman–Crippen LogP) is 3.10. The van der Waals surface area contributed by atoms with Crippen LogP contribution in [-0.2, 0) is 0 Å². The highest BCUT2D eigenvalue weighted by molar-refractivity contribution is 6.05. The van der Waals surface area contributed by atoms with E-state index in [9.17, 15) is 9.59 Å². The average Bonchev–Trinajstić information content (AvgIpc) is 3.38. The number of ether oxygens (including phenoxy) is 1. The summed E-state index contributed by atoms with van der Waals surface area (Å²) >= 11 is 0. The Morgan fingerprint density at radius 1 is 1.07 bits per heavy atom. The number of amides is 2. The van der Waals surface area contributed by atoms with Crippen LogP contribution in [0.5, 0.6) is 5.75 Å². The molecule has 1 aliphatic heterocycles. The molecule has 2 amide bonds. The highest BCUT2D eigenvalue weighted by Gasteiger charge is 2.26. The molecule has 0 aliphatic carbocycles. The van der Waals surface area contributed by atoms with E-state index in [4.69, 9.17) is 15.9 Å². The Balaban J connectivity index is 1.88. The van der Waals surface area contributed by atoms with Gasteiger partial charge in [0.1, 0.15) is 5.75 Å². The van der Waals surface area contributed by atoms with Crippen molar-refractivity contribution in [2.75, 3.05) is 64.5 Å². The van der Waals surface area contributed by atoms with Crippen molar-refractivity contribution >= 4 is 29.1 Å². The first-order chi connectivity index (χ1) is 19.5. The van der Waals surface area contributed by atoms with Gasteiger partial charge in [-0.25, -0.2) is 4.79 Å². The lowest BCUT2D eigenvalue weighted by Crippen LogP contribution is -2.44. The van der Waals surface area contributed by atoms with Crippen molar-refractivity contribution in [3.63, 3.8) is 0 Å². The number of hydrogen-bond acceptors (Lipinski definition) is 9. The van der Waals surface area contributed by atoms with Gasteiger partial charge in [0, 0.05) is 81.2 Å². The van der Waals surface area contributed by atoms with Crippen molar-refractivity contribution in [3.8, 4) is 22.8 Å². The molecule has 4 N–H and O–H groups in total. The second-order valence-corrected chi connectivity index (χ2v) is 10.6. The smallest absolute Gasteiger partial charge is 0.409 e. The second-order valence-electron chi connectivity index (χ2n) is 10.6.